The van der Waals surface area contributed by atoms with Crippen LogP contribution in [0.4, 0.5) is 0 Å². The van der Waals surface area contributed by atoms with E-state index in [0.29, 0.717) is 19.1 Å². The number of hydrogen-bond donors (Lipinski definition) is 1. The molecule has 2 heterocycles. The molecule has 20 heavy (non-hydrogen) atoms. The molecule has 1 spiro atoms. The molecular weight excluding hydrogens is 254 g/mol. The highest BCUT2D eigenvalue weighted by atomic mass is 16.7. The largest absolute Gasteiger partial charge is 0.370 e. The molecule has 0 amide bonds. The fourth-order valence-corrected chi connectivity index (χ4v) is 3.48. The first kappa shape index (κ1) is 14.1. The first-order chi connectivity index (χ1) is 9.77. The molecule has 114 valence electrons. The van der Waals surface area contributed by atoms with Gasteiger partial charge in [-0.1, -0.05) is 6.42 Å². The van der Waals surface area contributed by atoms with Crippen LogP contribution in [0.2, 0.25) is 0 Å². The summed E-state index contributed by atoms with van der Waals surface area (Å²) < 4.78 is 12.1. The number of nitrogens with zero attached hydrogens (tertiary/aromatic N) is 2. The average Bonchev–Trinajstić information content (AvgIpc) is 2.89. The second kappa shape index (κ2) is 6.31. The highest BCUT2D eigenvalue weighted by Crippen LogP contribution is 2.37. The second-order valence-corrected chi connectivity index (χ2v) is 6.27. The molecule has 3 rings (SSSR count). The third kappa shape index (κ3) is 3.26. The van der Waals surface area contributed by atoms with Gasteiger partial charge < -0.3 is 20.1 Å². The van der Waals surface area contributed by atoms with Crippen LogP contribution in [0.3, 0.4) is 0 Å². The maximum Gasteiger partial charge on any atom is 0.191 e. The lowest BCUT2D eigenvalue weighted by molar-refractivity contribution is -0.186. The Balaban J connectivity index is 1.48. The van der Waals surface area contributed by atoms with Crippen molar-refractivity contribution in [3.63, 3.8) is 0 Å². The minimum absolute atomic E-state index is 0.0800. The Bertz CT molecular complexity index is 347. The van der Waals surface area contributed by atoms with Gasteiger partial charge in [-0.25, -0.2) is 0 Å². The van der Waals surface area contributed by atoms with Crippen molar-refractivity contribution in [1.82, 2.24) is 4.90 Å². The zero-order valence-electron chi connectivity index (χ0n) is 12.4. The molecule has 2 N–H and O–H groups in total. The van der Waals surface area contributed by atoms with Crippen LogP contribution < -0.4 is 5.73 Å². The van der Waals surface area contributed by atoms with E-state index in [-0.39, 0.29) is 11.9 Å². The van der Waals surface area contributed by atoms with E-state index in [0.717, 1.165) is 25.9 Å². The van der Waals surface area contributed by atoms with Crippen LogP contribution in [0.5, 0.6) is 0 Å². The summed E-state index contributed by atoms with van der Waals surface area (Å²) in [6, 6.07) is 0. The topological polar surface area (TPSA) is 60.1 Å². The molecule has 0 aromatic carbocycles. The number of rotatable bonds is 2. The molecule has 1 atom stereocenters. The summed E-state index contributed by atoms with van der Waals surface area (Å²) in [5.41, 5.74) is 6.08. The number of piperidine rings is 1. The van der Waals surface area contributed by atoms with Gasteiger partial charge in [0.1, 0.15) is 6.10 Å². The molecule has 5 heteroatoms. The van der Waals surface area contributed by atoms with E-state index in [1.165, 1.54) is 38.5 Å². The smallest absolute Gasteiger partial charge is 0.191 e. The Morgan fingerprint density at radius 2 is 1.80 bits per heavy atom. The second-order valence-electron chi connectivity index (χ2n) is 6.27. The fraction of sp³-hybridized carbons (Fsp3) is 0.933. The minimum atomic E-state index is -0.293. The van der Waals surface area contributed by atoms with Crippen molar-refractivity contribution in [2.75, 3.05) is 26.2 Å². The first-order valence-corrected chi connectivity index (χ1v) is 8.14. The fourth-order valence-electron chi connectivity index (χ4n) is 3.48. The summed E-state index contributed by atoms with van der Waals surface area (Å²) in [7, 11) is 0. The maximum atomic E-state index is 6.12. The van der Waals surface area contributed by atoms with Crippen molar-refractivity contribution in [1.29, 1.82) is 0 Å². The predicted molar refractivity (Wildman–Crippen MR) is 78.6 cm³/mol. The van der Waals surface area contributed by atoms with E-state index in [2.05, 4.69) is 9.89 Å². The van der Waals surface area contributed by atoms with Crippen LogP contribution in [-0.2, 0) is 9.47 Å². The van der Waals surface area contributed by atoms with Crippen LogP contribution in [0, 0.1) is 0 Å². The van der Waals surface area contributed by atoms with E-state index in [1.807, 2.05) is 0 Å². The lowest BCUT2D eigenvalue weighted by Gasteiger charge is -2.31. The summed E-state index contributed by atoms with van der Waals surface area (Å²) in [6.07, 6.45) is 9.65. The molecule has 1 aliphatic carbocycles. The summed E-state index contributed by atoms with van der Waals surface area (Å²) in [4.78, 5) is 6.71. The molecule has 1 saturated carbocycles. The van der Waals surface area contributed by atoms with E-state index in [1.54, 1.807) is 0 Å². The van der Waals surface area contributed by atoms with Crippen molar-refractivity contribution in [2.24, 2.45) is 10.7 Å². The van der Waals surface area contributed by atoms with E-state index in [9.17, 15) is 0 Å². The Morgan fingerprint density at radius 3 is 2.55 bits per heavy atom. The summed E-state index contributed by atoms with van der Waals surface area (Å²) in [6.45, 7) is 3.38. The molecule has 0 bridgehead atoms. The molecule has 0 aromatic heterocycles. The summed E-state index contributed by atoms with van der Waals surface area (Å²) in [5.74, 6) is 0.385. The first-order valence-electron chi connectivity index (χ1n) is 8.14. The standard InChI is InChI=1S/C15H27N3O2/c16-14(18-9-5-2-6-10-18)17-11-13-12-19-15(20-13)7-3-1-4-8-15/h13H,1-12H2,(H2,16,17)/t13-/m1/s1. The van der Waals surface area contributed by atoms with Crippen molar-refractivity contribution >= 4 is 5.96 Å². The maximum absolute atomic E-state index is 6.12. The molecule has 0 aromatic rings. The molecular formula is C15H27N3O2. The average molecular weight is 281 g/mol. The van der Waals surface area contributed by atoms with Crippen LogP contribution in [0.25, 0.3) is 0 Å². The van der Waals surface area contributed by atoms with Gasteiger partial charge in [-0.05, 0) is 32.1 Å². The number of likely N-dealkylation sites (tertiary alicyclic amines) is 1. The molecule has 2 saturated heterocycles. The SMILES string of the molecule is NC(=NC[C@@H]1COC2(CCCCC2)O1)N1CCCCC1. The quantitative estimate of drug-likeness (QED) is 0.620. The van der Waals surface area contributed by atoms with Gasteiger partial charge in [0.05, 0.1) is 13.2 Å². The molecule has 3 aliphatic rings. The number of hydrogen-bond acceptors (Lipinski definition) is 3. The molecule has 5 nitrogen and oxygen atoms in total. The van der Waals surface area contributed by atoms with E-state index >= 15 is 0 Å². The normalized spacial score (nSPS) is 30.9. The van der Waals surface area contributed by atoms with Crippen LogP contribution in [0.15, 0.2) is 4.99 Å². The molecule has 0 unspecified atom stereocenters. The van der Waals surface area contributed by atoms with Crippen molar-refractivity contribution in [3.8, 4) is 0 Å². The highest BCUT2D eigenvalue weighted by molar-refractivity contribution is 5.78. The van der Waals surface area contributed by atoms with Gasteiger partial charge in [0.15, 0.2) is 11.7 Å². The van der Waals surface area contributed by atoms with Gasteiger partial charge in [-0.15, -0.1) is 0 Å². The van der Waals surface area contributed by atoms with Gasteiger partial charge in [-0.2, -0.15) is 0 Å². The molecule has 3 fully saturated rings. The van der Waals surface area contributed by atoms with Crippen LogP contribution >= 0.6 is 0 Å². The van der Waals surface area contributed by atoms with Crippen LogP contribution in [0.1, 0.15) is 51.4 Å². The van der Waals surface area contributed by atoms with E-state index in [4.69, 9.17) is 15.2 Å². The number of aliphatic imine (C=N–C) groups is 1. The number of guanidine groups is 1. The minimum Gasteiger partial charge on any atom is -0.370 e. The van der Waals surface area contributed by atoms with Gasteiger partial charge in [0.25, 0.3) is 0 Å². The lowest BCUT2D eigenvalue weighted by atomic mass is 9.94. The third-order valence-corrected chi connectivity index (χ3v) is 4.67. The number of nitrogens with two attached hydrogens (primary N) is 1. The van der Waals surface area contributed by atoms with Gasteiger partial charge in [-0.3, -0.25) is 4.99 Å². The Hall–Kier alpha value is -0.810. The van der Waals surface area contributed by atoms with Crippen molar-refractivity contribution in [2.45, 2.75) is 63.3 Å². The van der Waals surface area contributed by atoms with Crippen LogP contribution in [-0.4, -0.2) is 49.0 Å². The predicted octanol–water partition coefficient (Wildman–Crippen LogP) is 1.86. The monoisotopic (exact) mass is 281 g/mol. The van der Waals surface area contributed by atoms with Gasteiger partial charge in [0.2, 0.25) is 0 Å². The molecule has 2 aliphatic heterocycles. The third-order valence-electron chi connectivity index (χ3n) is 4.67. The van der Waals surface area contributed by atoms with Gasteiger partial charge in [0, 0.05) is 25.9 Å². The Labute approximate surface area is 121 Å². The zero-order chi connectivity index (χ0) is 13.8. The summed E-state index contributed by atoms with van der Waals surface area (Å²) in [5, 5.41) is 0. The summed E-state index contributed by atoms with van der Waals surface area (Å²) >= 11 is 0. The zero-order valence-corrected chi connectivity index (χ0v) is 12.4. The van der Waals surface area contributed by atoms with E-state index < -0.39 is 0 Å². The molecule has 0 radical (unpaired) electrons. The van der Waals surface area contributed by atoms with Crippen molar-refractivity contribution in [3.05, 3.63) is 0 Å². The lowest BCUT2D eigenvalue weighted by Crippen LogP contribution is -2.41. The number of ether oxygens (including phenoxy) is 2. The highest BCUT2D eigenvalue weighted by Gasteiger charge is 2.42. The van der Waals surface area contributed by atoms with Crippen molar-refractivity contribution < 1.29 is 9.47 Å². The Morgan fingerprint density at radius 1 is 1.10 bits per heavy atom. The van der Waals surface area contributed by atoms with Gasteiger partial charge >= 0.3 is 0 Å². The Kier molecular flexibility index (Phi) is 4.46.